The first-order valence-electron chi connectivity index (χ1n) is 3.63. The maximum Gasteiger partial charge on any atom is 0.104 e. The average Bonchev–Trinajstić information content (AvgIpc) is 1.80. The van der Waals surface area contributed by atoms with E-state index >= 15 is 0 Å². The third-order valence-electron chi connectivity index (χ3n) is 1.19. The highest BCUT2D eigenvalue weighted by atomic mass is 16.3. The summed E-state index contributed by atoms with van der Waals surface area (Å²) in [5.41, 5.74) is -0.126. The molecule has 0 aliphatic carbocycles. The van der Waals surface area contributed by atoms with Crippen LogP contribution in [0.4, 0.5) is 0 Å². The van der Waals surface area contributed by atoms with E-state index in [0.29, 0.717) is 0 Å². The van der Waals surface area contributed by atoms with Gasteiger partial charge in [-0.1, -0.05) is 6.58 Å². The monoisotopic (exact) mass is 159 g/mol. The first kappa shape index (κ1) is 10.5. The second-order valence-corrected chi connectivity index (χ2v) is 3.62. The Morgan fingerprint density at radius 1 is 1.55 bits per heavy atom. The largest absolute Gasteiger partial charge is 0.511 e. The van der Waals surface area contributed by atoms with Gasteiger partial charge in [0.05, 0.1) is 12.6 Å². The predicted molar refractivity (Wildman–Crippen MR) is 45.5 cm³/mol. The van der Waals surface area contributed by atoms with Crippen molar-refractivity contribution in [1.82, 2.24) is 5.32 Å². The van der Waals surface area contributed by atoms with E-state index in [1.165, 1.54) is 0 Å². The van der Waals surface area contributed by atoms with Crippen LogP contribution in [0.5, 0.6) is 0 Å². The van der Waals surface area contributed by atoms with Gasteiger partial charge < -0.3 is 15.5 Å². The molecule has 0 spiro atoms. The molecule has 3 heteroatoms. The van der Waals surface area contributed by atoms with Crippen LogP contribution in [-0.2, 0) is 0 Å². The first-order chi connectivity index (χ1) is 4.87. The fraction of sp³-hybridized carbons (Fsp3) is 0.750. The van der Waals surface area contributed by atoms with E-state index in [1.807, 2.05) is 20.8 Å². The molecular formula is C8H17NO2. The quantitative estimate of drug-likeness (QED) is 0.534. The van der Waals surface area contributed by atoms with Crippen LogP contribution in [0.15, 0.2) is 12.3 Å². The minimum absolute atomic E-state index is 0.0255. The lowest BCUT2D eigenvalue weighted by Gasteiger charge is -2.26. The van der Waals surface area contributed by atoms with Gasteiger partial charge in [-0.05, 0) is 20.8 Å². The van der Waals surface area contributed by atoms with Crippen LogP contribution in [0, 0.1) is 0 Å². The lowest BCUT2D eigenvalue weighted by molar-refractivity contribution is 0.197. The van der Waals surface area contributed by atoms with Crippen molar-refractivity contribution in [2.75, 3.05) is 6.61 Å². The Bertz CT molecular complexity index is 138. The number of aliphatic hydroxyl groups is 2. The third kappa shape index (κ3) is 4.81. The maximum absolute atomic E-state index is 8.96. The molecular weight excluding hydrogens is 142 g/mol. The zero-order valence-electron chi connectivity index (χ0n) is 7.39. The number of hydrogen-bond donors (Lipinski definition) is 3. The normalized spacial score (nSPS) is 14.5. The molecule has 0 unspecified atom stereocenters. The lowest BCUT2D eigenvalue weighted by atomic mass is 10.1. The van der Waals surface area contributed by atoms with Crippen LogP contribution in [0.1, 0.15) is 20.8 Å². The van der Waals surface area contributed by atoms with E-state index in [1.54, 1.807) is 0 Å². The Morgan fingerprint density at radius 2 is 2.00 bits per heavy atom. The topological polar surface area (TPSA) is 52.5 Å². The highest BCUT2D eigenvalue weighted by molar-refractivity contribution is 4.96. The number of aliphatic hydroxyl groups excluding tert-OH is 2. The van der Waals surface area contributed by atoms with Crippen LogP contribution >= 0.6 is 0 Å². The van der Waals surface area contributed by atoms with Crippen molar-refractivity contribution in [3.8, 4) is 0 Å². The molecule has 0 aromatic rings. The molecule has 66 valence electrons. The molecule has 3 nitrogen and oxygen atoms in total. The smallest absolute Gasteiger partial charge is 0.104 e. The van der Waals surface area contributed by atoms with Gasteiger partial charge in [0.15, 0.2) is 0 Å². The number of nitrogens with one attached hydrogen (secondary N) is 1. The predicted octanol–water partition coefficient (Wildman–Crippen LogP) is 0.807. The van der Waals surface area contributed by atoms with Gasteiger partial charge in [-0.15, -0.1) is 0 Å². The Labute approximate surface area is 67.7 Å². The second-order valence-electron chi connectivity index (χ2n) is 3.62. The van der Waals surface area contributed by atoms with Gasteiger partial charge in [0.1, 0.15) is 5.76 Å². The molecule has 0 radical (unpaired) electrons. The summed E-state index contributed by atoms with van der Waals surface area (Å²) in [4.78, 5) is 0. The molecule has 0 aliphatic heterocycles. The third-order valence-corrected chi connectivity index (χ3v) is 1.19. The van der Waals surface area contributed by atoms with Crippen molar-refractivity contribution in [3.05, 3.63) is 12.3 Å². The molecule has 0 aromatic carbocycles. The van der Waals surface area contributed by atoms with Gasteiger partial charge in [0, 0.05) is 5.54 Å². The van der Waals surface area contributed by atoms with Gasteiger partial charge in [-0.25, -0.2) is 0 Å². The summed E-state index contributed by atoms with van der Waals surface area (Å²) < 4.78 is 0. The van der Waals surface area contributed by atoms with E-state index in [9.17, 15) is 0 Å². The Balaban J connectivity index is 3.99. The highest BCUT2D eigenvalue weighted by Gasteiger charge is 2.17. The second kappa shape index (κ2) is 3.74. The van der Waals surface area contributed by atoms with Crippen LogP contribution in [0.3, 0.4) is 0 Å². The zero-order valence-corrected chi connectivity index (χ0v) is 7.39. The van der Waals surface area contributed by atoms with Gasteiger partial charge >= 0.3 is 0 Å². The molecule has 0 aromatic heterocycles. The molecule has 0 heterocycles. The number of hydrogen-bond acceptors (Lipinski definition) is 3. The van der Waals surface area contributed by atoms with Gasteiger partial charge in [0.25, 0.3) is 0 Å². The summed E-state index contributed by atoms with van der Waals surface area (Å²) in [6.45, 7) is 9.08. The van der Waals surface area contributed by atoms with Crippen molar-refractivity contribution in [2.24, 2.45) is 0 Å². The Hall–Kier alpha value is -0.540. The maximum atomic E-state index is 8.96. The van der Waals surface area contributed by atoms with Crippen molar-refractivity contribution in [2.45, 2.75) is 32.4 Å². The van der Waals surface area contributed by atoms with E-state index in [0.717, 1.165) is 0 Å². The molecule has 0 saturated heterocycles. The van der Waals surface area contributed by atoms with Crippen LogP contribution in [-0.4, -0.2) is 28.4 Å². The molecule has 3 N–H and O–H groups in total. The summed E-state index contributed by atoms with van der Waals surface area (Å²) >= 11 is 0. The molecule has 1 atom stereocenters. The number of rotatable bonds is 3. The molecule has 0 rings (SSSR count). The average molecular weight is 159 g/mol. The van der Waals surface area contributed by atoms with Crippen LogP contribution in [0.25, 0.3) is 0 Å². The zero-order chi connectivity index (χ0) is 9.07. The van der Waals surface area contributed by atoms with E-state index in [2.05, 4.69) is 11.9 Å². The fourth-order valence-corrected chi connectivity index (χ4v) is 0.757. The Kier molecular flexibility index (Phi) is 3.55. The van der Waals surface area contributed by atoms with Gasteiger partial charge in [-0.2, -0.15) is 0 Å². The summed E-state index contributed by atoms with van der Waals surface area (Å²) in [6, 6.07) is -0.421. The van der Waals surface area contributed by atoms with Crippen molar-refractivity contribution >= 4 is 0 Å². The molecule has 0 amide bonds. The standard InChI is InChI=1S/C8H17NO2/c1-6(11)7(5-10)9-8(2,3)4/h7,9-11H,1,5H2,2-4H3/t7-/m1/s1. The van der Waals surface area contributed by atoms with Crippen molar-refractivity contribution < 1.29 is 10.2 Å². The lowest BCUT2D eigenvalue weighted by Crippen LogP contribution is -2.46. The van der Waals surface area contributed by atoms with E-state index < -0.39 is 6.04 Å². The minimum Gasteiger partial charge on any atom is -0.511 e. The van der Waals surface area contributed by atoms with E-state index in [-0.39, 0.29) is 17.9 Å². The molecule has 0 fully saturated rings. The molecule has 11 heavy (non-hydrogen) atoms. The van der Waals surface area contributed by atoms with Crippen LogP contribution in [0.2, 0.25) is 0 Å². The van der Waals surface area contributed by atoms with Gasteiger partial charge in [0.2, 0.25) is 0 Å². The highest BCUT2D eigenvalue weighted by Crippen LogP contribution is 2.04. The summed E-state index contributed by atoms with van der Waals surface area (Å²) in [7, 11) is 0. The molecule has 0 aliphatic rings. The van der Waals surface area contributed by atoms with Crippen LogP contribution < -0.4 is 5.32 Å². The minimum atomic E-state index is -0.421. The first-order valence-corrected chi connectivity index (χ1v) is 3.63. The van der Waals surface area contributed by atoms with Crippen molar-refractivity contribution in [3.63, 3.8) is 0 Å². The summed E-state index contributed by atoms with van der Waals surface area (Å²) in [5, 5.41) is 20.7. The Morgan fingerprint density at radius 3 is 2.09 bits per heavy atom. The summed E-state index contributed by atoms with van der Waals surface area (Å²) in [6.07, 6.45) is 0. The van der Waals surface area contributed by atoms with Crippen molar-refractivity contribution in [1.29, 1.82) is 0 Å². The summed E-state index contributed by atoms with van der Waals surface area (Å²) in [5.74, 6) is -0.0255. The fourth-order valence-electron chi connectivity index (χ4n) is 0.757. The SMILES string of the molecule is C=C(O)[C@@H](CO)NC(C)(C)C. The van der Waals surface area contributed by atoms with E-state index in [4.69, 9.17) is 10.2 Å². The molecule has 0 saturated carbocycles. The van der Waals surface area contributed by atoms with Gasteiger partial charge in [-0.3, -0.25) is 0 Å². The molecule has 0 bridgehead atoms.